The maximum absolute atomic E-state index is 13.5. The number of aromatic nitrogens is 2. The zero-order valence-corrected chi connectivity index (χ0v) is 24.0. The molecule has 7 rings (SSSR count). The molecule has 40 heavy (non-hydrogen) atoms. The van der Waals surface area contributed by atoms with E-state index in [4.69, 9.17) is 4.74 Å². The maximum atomic E-state index is 13.5. The summed E-state index contributed by atoms with van der Waals surface area (Å²) >= 11 is 4.31. The number of nitrogens with zero attached hydrogens (tertiary/aromatic N) is 2. The average Bonchev–Trinajstić information content (AvgIpc) is 3.39. The van der Waals surface area contributed by atoms with Crippen molar-refractivity contribution in [2.45, 2.75) is 83.3 Å². The molecule has 0 amide bonds. The number of allylic oxidation sites excluding steroid dienone is 1. The molecule has 0 radical (unpaired) electrons. The third-order valence-corrected chi connectivity index (χ3v) is 12.0. The van der Waals surface area contributed by atoms with Gasteiger partial charge in [-0.25, -0.2) is 9.07 Å². The van der Waals surface area contributed by atoms with Gasteiger partial charge in [0.1, 0.15) is 5.82 Å². The largest absolute Gasteiger partial charge is 0.449 e. The zero-order chi connectivity index (χ0) is 28.0. The van der Waals surface area contributed by atoms with Crippen molar-refractivity contribution in [2.75, 3.05) is 0 Å². The molecule has 1 heterocycles. The molecule has 4 fully saturated rings. The van der Waals surface area contributed by atoms with Gasteiger partial charge in [-0.15, -0.1) is 12.6 Å². The molecular weight excluding hydrogens is 527 g/mol. The lowest BCUT2D eigenvalue weighted by Gasteiger charge is -2.60. The summed E-state index contributed by atoms with van der Waals surface area (Å²) in [6.07, 6.45) is 10.4. The molecule has 8 heteroatoms. The first-order valence-electron chi connectivity index (χ1n) is 14.8. The fourth-order valence-corrected chi connectivity index (χ4v) is 9.84. The van der Waals surface area contributed by atoms with Gasteiger partial charge in [-0.05, 0) is 110 Å². The predicted molar refractivity (Wildman–Crippen MR) is 151 cm³/mol. The van der Waals surface area contributed by atoms with E-state index in [1.54, 1.807) is 12.1 Å². The number of carbonyl (C=O) groups is 2. The van der Waals surface area contributed by atoms with Crippen LogP contribution in [0, 0.1) is 40.3 Å². The highest BCUT2D eigenvalue weighted by Crippen LogP contribution is 2.68. The third kappa shape index (κ3) is 3.54. The van der Waals surface area contributed by atoms with Crippen LogP contribution < -0.4 is 0 Å². The number of benzene rings is 1. The molecule has 5 aliphatic rings. The highest BCUT2D eigenvalue weighted by Gasteiger charge is 2.70. The number of thiol groups is 1. The second-order valence-corrected chi connectivity index (χ2v) is 13.9. The fourth-order valence-electron chi connectivity index (χ4n) is 9.42. The average molecular weight is 565 g/mol. The summed E-state index contributed by atoms with van der Waals surface area (Å²) in [5, 5.41) is 16.2. The molecule has 0 unspecified atom stereocenters. The Kier molecular flexibility index (Phi) is 5.97. The van der Waals surface area contributed by atoms with Crippen molar-refractivity contribution >= 4 is 29.8 Å². The number of carbonyl (C=O) groups excluding carboxylic acids is 2. The molecular formula is C32H37FN2O4S. The number of aliphatic hydroxyl groups is 1. The molecule has 0 aliphatic heterocycles. The van der Waals surface area contributed by atoms with Gasteiger partial charge in [0.2, 0.25) is 5.12 Å². The van der Waals surface area contributed by atoms with E-state index >= 15 is 0 Å². The van der Waals surface area contributed by atoms with Crippen LogP contribution in [0.4, 0.5) is 4.39 Å². The Hall–Kier alpha value is -2.45. The van der Waals surface area contributed by atoms with Crippen LogP contribution in [0.15, 0.2) is 36.0 Å². The molecule has 2 aromatic rings. The summed E-state index contributed by atoms with van der Waals surface area (Å²) in [6, 6.07) is 6.38. The second kappa shape index (κ2) is 9.02. The lowest BCUT2D eigenvalue weighted by atomic mass is 9.45. The fraction of sp³-hybridized carbons (Fsp3) is 0.594. The van der Waals surface area contributed by atoms with Gasteiger partial charge >= 0.3 is 5.97 Å². The van der Waals surface area contributed by atoms with Gasteiger partial charge in [-0.2, -0.15) is 5.10 Å². The molecule has 0 bridgehead atoms. The van der Waals surface area contributed by atoms with Crippen molar-refractivity contribution in [2.24, 2.45) is 34.5 Å². The van der Waals surface area contributed by atoms with Crippen LogP contribution in [-0.4, -0.2) is 37.7 Å². The van der Waals surface area contributed by atoms with Crippen LogP contribution in [0.25, 0.3) is 11.8 Å². The van der Waals surface area contributed by atoms with E-state index in [0.717, 1.165) is 61.9 Å². The molecule has 6 nitrogen and oxygen atoms in total. The SMILES string of the molecule is C[C@]12Cc3cnn(-c4ccc(F)cc4)c3C=C1CC[C@@H]1[C@@H]2[C@@H](O)C[C@@]2(C)[C@H]1CC[C@]2(OC(=O)C1CCC1)C(=O)S. The van der Waals surface area contributed by atoms with Gasteiger partial charge in [-0.1, -0.05) is 25.8 Å². The van der Waals surface area contributed by atoms with E-state index in [1.165, 1.54) is 17.7 Å². The number of aliphatic hydroxyl groups excluding tert-OH is 1. The standard InChI is InChI=1S/C32H37FN2O4S/c1-30-15-19-17-34-35(22-9-7-21(33)8-10-22)25(19)14-20(30)6-11-23-24-12-13-32(29(38)40,39-28(37)18-4-3-5-18)31(24,2)16-26(36)27(23)30/h7-10,14,17-18,23-24,26-27,36H,3-6,11-13,15-16H2,1-2H3,(H,38,40)/t23-,24-,26-,27+,30-,31-,32-/m0/s1. The monoisotopic (exact) mass is 564 g/mol. The van der Waals surface area contributed by atoms with Crippen molar-refractivity contribution in [3.8, 4) is 5.69 Å². The first kappa shape index (κ1) is 26.4. The summed E-state index contributed by atoms with van der Waals surface area (Å²) in [5.74, 6) is -0.274. The summed E-state index contributed by atoms with van der Waals surface area (Å²) in [5.41, 5.74) is 2.10. The summed E-state index contributed by atoms with van der Waals surface area (Å²) in [7, 11) is 0. The zero-order valence-electron chi connectivity index (χ0n) is 23.1. The molecule has 1 aromatic carbocycles. The van der Waals surface area contributed by atoms with E-state index in [9.17, 15) is 19.1 Å². The Labute approximate surface area is 239 Å². The van der Waals surface area contributed by atoms with Crippen LogP contribution in [0.3, 0.4) is 0 Å². The van der Waals surface area contributed by atoms with Crippen LogP contribution in [-0.2, 0) is 20.7 Å². The van der Waals surface area contributed by atoms with Crippen LogP contribution >= 0.6 is 12.6 Å². The Balaban J connectivity index is 1.22. The molecule has 5 aliphatic carbocycles. The number of halogens is 1. The normalized spacial score (nSPS) is 38.3. The Morgan fingerprint density at radius 1 is 1.15 bits per heavy atom. The summed E-state index contributed by atoms with van der Waals surface area (Å²) in [6.45, 7) is 4.34. The Morgan fingerprint density at radius 2 is 1.90 bits per heavy atom. The van der Waals surface area contributed by atoms with E-state index in [1.807, 2.05) is 10.9 Å². The third-order valence-electron chi connectivity index (χ3n) is 11.7. The number of rotatable bonds is 4. The minimum absolute atomic E-state index is 0.0287. The highest BCUT2D eigenvalue weighted by atomic mass is 32.1. The van der Waals surface area contributed by atoms with Crippen molar-refractivity contribution in [3.63, 3.8) is 0 Å². The predicted octanol–water partition coefficient (Wildman–Crippen LogP) is 5.70. The first-order chi connectivity index (χ1) is 19.1. The van der Waals surface area contributed by atoms with Crippen molar-refractivity contribution in [1.82, 2.24) is 9.78 Å². The number of esters is 1. The van der Waals surface area contributed by atoms with E-state index in [2.05, 4.69) is 37.7 Å². The number of hydrogen-bond donors (Lipinski definition) is 2. The topological polar surface area (TPSA) is 81.4 Å². The Morgan fingerprint density at radius 3 is 2.58 bits per heavy atom. The number of fused-ring (bicyclic) bond motifs is 6. The maximum Gasteiger partial charge on any atom is 0.309 e. The molecule has 7 atom stereocenters. The van der Waals surface area contributed by atoms with E-state index in [0.29, 0.717) is 12.8 Å². The minimum Gasteiger partial charge on any atom is -0.449 e. The van der Waals surface area contributed by atoms with Gasteiger partial charge in [-0.3, -0.25) is 9.59 Å². The van der Waals surface area contributed by atoms with Gasteiger partial charge in [0, 0.05) is 5.41 Å². The smallest absolute Gasteiger partial charge is 0.309 e. The van der Waals surface area contributed by atoms with Crippen LogP contribution in [0.5, 0.6) is 0 Å². The van der Waals surface area contributed by atoms with Gasteiger partial charge in [0.15, 0.2) is 5.60 Å². The molecule has 0 saturated heterocycles. The number of hydrogen-bond acceptors (Lipinski definition) is 5. The lowest BCUT2D eigenvalue weighted by Crippen LogP contribution is -2.62. The minimum atomic E-state index is -1.29. The van der Waals surface area contributed by atoms with Crippen molar-refractivity contribution in [3.05, 3.63) is 53.1 Å². The van der Waals surface area contributed by atoms with Gasteiger partial charge in [0.05, 0.1) is 29.6 Å². The van der Waals surface area contributed by atoms with E-state index in [-0.39, 0.29) is 46.0 Å². The quantitative estimate of drug-likeness (QED) is 0.368. The molecule has 212 valence electrons. The molecule has 4 saturated carbocycles. The molecule has 0 spiro atoms. The highest BCUT2D eigenvalue weighted by molar-refractivity contribution is 7.96. The van der Waals surface area contributed by atoms with E-state index < -0.39 is 17.1 Å². The van der Waals surface area contributed by atoms with Gasteiger partial charge in [0.25, 0.3) is 0 Å². The van der Waals surface area contributed by atoms with Crippen molar-refractivity contribution in [1.29, 1.82) is 0 Å². The van der Waals surface area contributed by atoms with Gasteiger partial charge < -0.3 is 9.84 Å². The van der Waals surface area contributed by atoms with Crippen LogP contribution in [0.2, 0.25) is 0 Å². The summed E-state index contributed by atoms with van der Waals surface area (Å²) < 4.78 is 21.6. The second-order valence-electron chi connectivity index (χ2n) is 13.5. The van der Waals surface area contributed by atoms with Crippen molar-refractivity contribution < 1.29 is 23.8 Å². The number of ether oxygens (including phenoxy) is 1. The lowest BCUT2D eigenvalue weighted by molar-refractivity contribution is -0.200. The molecule has 1 N–H and O–H groups in total. The first-order valence-corrected chi connectivity index (χ1v) is 15.2. The molecule has 1 aromatic heterocycles. The van der Waals surface area contributed by atoms with Crippen LogP contribution in [0.1, 0.15) is 76.5 Å². The summed E-state index contributed by atoms with van der Waals surface area (Å²) in [4.78, 5) is 26.2. The Bertz CT molecular complexity index is 1420.